The zero-order chi connectivity index (χ0) is 20.6. The third kappa shape index (κ3) is 7.42. The standard InChI is InChI=1S/C21H32N6O2.HI/c1-22-20(29)17-5-3-4-16(14-17)8-9-24-21(23-2)27-12-10-26(11-13-27)15-19(28)25-18-6-7-18;/h3-5,14,18H,6-13,15H2,1-2H3,(H,22,29)(H,23,24)(H,25,28);1H. The van der Waals surface area contributed by atoms with Crippen LogP contribution in [0.15, 0.2) is 29.3 Å². The monoisotopic (exact) mass is 528 g/mol. The zero-order valence-electron chi connectivity index (χ0n) is 17.8. The molecule has 3 rings (SSSR count). The van der Waals surface area contributed by atoms with E-state index in [2.05, 4.69) is 30.7 Å². The van der Waals surface area contributed by atoms with Crippen molar-refractivity contribution in [3.63, 3.8) is 0 Å². The third-order valence-corrected chi connectivity index (χ3v) is 5.31. The molecule has 0 atom stereocenters. The molecule has 0 bridgehead atoms. The van der Waals surface area contributed by atoms with E-state index < -0.39 is 0 Å². The largest absolute Gasteiger partial charge is 0.356 e. The lowest BCUT2D eigenvalue weighted by atomic mass is 10.1. The predicted molar refractivity (Wildman–Crippen MR) is 129 cm³/mol. The number of carbonyl (C=O) groups excluding carboxylic acids is 2. The Bertz CT molecular complexity index is 745. The molecule has 3 N–H and O–H groups in total. The molecule has 8 nitrogen and oxygen atoms in total. The van der Waals surface area contributed by atoms with Gasteiger partial charge < -0.3 is 20.9 Å². The summed E-state index contributed by atoms with van der Waals surface area (Å²) in [6.07, 6.45) is 3.06. The highest BCUT2D eigenvalue weighted by Crippen LogP contribution is 2.18. The first-order chi connectivity index (χ1) is 14.1. The highest BCUT2D eigenvalue weighted by molar-refractivity contribution is 14.0. The van der Waals surface area contributed by atoms with Gasteiger partial charge in [0.05, 0.1) is 6.54 Å². The quantitative estimate of drug-likeness (QED) is 0.275. The summed E-state index contributed by atoms with van der Waals surface area (Å²) < 4.78 is 0. The number of hydrogen-bond donors (Lipinski definition) is 3. The second-order valence-corrected chi connectivity index (χ2v) is 7.61. The number of benzene rings is 1. The number of guanidine groups is 1. The van der Waals surface area contributed by atoms with E-state index in [4.69, 9.17) is 0 Å². The van der Waals surface area contributed by atoms with E-state index in [0.717, 1.165) is 63.5 Å². The van der Waals surface area contributed by atoms with Crippen LogP contribution in [0.3, 0.4) is 0 Å². The van der Waals surface area contributed by atoms with Crippen LogP contribution in [0.4, 0.5) is 0 Å². The first-order valence-corrected chi connectivity index (χ1v) is 10.4. The fraction of sp³-hybridized carbons (Fsp3) is 0.571. The lowest BCUT2D eigenvalue weighted by Gasteiger charge is -2.36. The number of amides is 2. The number of aliphatic imine (C=N–C) groups is 1. The number of halogens is 1. The molecule has 9 heteroatoms. The Labute approximate surface area is 195 Å². The van der Waals surface area contributed by atoms with Crippen molar-refractivity contribution in [2.45, 2.75) is 25.3 Å². The molecule has 2 aliphatic rings. The molecule has 1 saturated carbocycles. The van der Waals surface area contributed by atoms with Crippen LogP contribution in [0.25, 0.3) is 0 Å². The van der Waals surface area contributed by atoms with Crippen molar-refractivity contribution in [3.05, 3.63) is 35.4 Å². The maximum Gasteiger partial charge on any atom is 0.251 e. The molecule has 2 fully saturated rings. The number of hydrogen-bond acceptors (Lipinski definition) is 4. The van der Waals surface area contributed by atoms with Crippen LogP contribution >= 0.6 is 24.0 Å². The summed E-state index contributed by atoms with van der Waals surface area (Å²) in [6, 6.07) is 8.10. The van der Waals surface area contributed by atoms with Gasteiger partial charge in [0.2, 0.25) is 5.91 Å². The average Bonchev–Trinajstić information content (AvgIpc) is 3.55. The molecule has 0 spiro atoms. The van der Waals surface area contributed by atoms with Crippen LogP contribution in [-0.2, 0) is 11.2 Å². The SMILES string of the molecule is CN=C(NCCc1cccc(C(=O)NC)c1)N1CCN(CC(=O)NC2CC2)CC1.I. The van der Waals surface area contributed by atoms with Crippen molar-refractivity contribution in [1.29, 1.82) is 0 Å². The van der Waals surface area contributed by atoms with Crippen molar-refractivity contribution in [2.24, 2.45) is 4.99 Å². The Kier molecular flexibility index (Phi) is 9.83. The molecule has 166 valence electrons. The number of nitrogens with zero attached hydrogens (tertiary/aromatic N) is 3. The van der Waals surface area contributed by atoms with Crippen LogP contribution in [-0.4, -0.2) is 87.0 Å². The van der Waals surface area contributed by atoms with Crippen molar-refractivity contribution in [3.8, 4) is 0 Å². The van der Waals surface area contributed by atoms with E-state index in [1.54, 1.807) is 14.1 Å². The molecule has 0 aromatic heterocycles. The number of rotatable bonds is 7. The molecule has 0 radical (unpaired) electrons. The summed E-state index contributed by atoms with van der Waals surface area (Å²) in [5, 5.41) is 9.12. The minimum atomic E-state index is -0.0701. The Morgan fingerprint density at radius 2 is 1.90 bits per heavy atom. The first kappa shape index (κ1) is 24.4. The van der Waals surface area contributed by atoms with Gasteiger partial charge in [0.15, 0.2) is 5.96 Å². The summed E-state index contributed by atoms with van der Waals surface area (Å²) in [7, 11) is 3.43. The Balaban J connectivity index is 0.00000320. The maximum absolute atomic E-state index is 12.0. The van der Waals surface area contributed by atoms with E-state index >= 15 is 0 Å². The van der Waals surface area contributed by atoms with Crippen LogP contribution in [0.2, 0.25) is 0 Å². The number of carbonyl (C=O) groups is 2. The van der Waals surface area contributed by atoms with Crippen LogP contribution in [0.5, 0.6) is 0 Å². The van der Waals surface area contributed by atoms with E-state index in [1.807, 2.05) is 24.3 Å². The van der Waals surface area contributed by atoms with Crippen LogP contribution in [0, 0.1) is 0 Å². The second kappa shape index (κ2) is 12.1. The lowest BCUT2D eigenvalue weighted by Crippen LogP contribution is -2.54. The fourth-order valence-electron chi connectivity index (χ4n) is 3.49. The zero-order valence-corrected chi connectivity index (χ0v) is 20.1. The van der Waals surface area contributed by atoms with E-state index in [-0.39, 0.29) is 35.8 Å². The Morgan fingerprint density at radius 3 is 2.53 bits per heavy atom. The van der Waals surface area contributed by atoms with Gasteiger partial charge in [0.1, 0.15) is 0 Å². The van der Waals surface area contributed by atoms with Crippen molar-refractivity contribution in [1.82, 2.24) is 25.8 Å². The Morgan fingerprint density at radius 1 is 1.17 bits per heavy atom. The minimum absolute atomic E-state index is 0. The molecule has 2 amide bonds. The second-order valence-electron chi connectivity index (χ2n) is 7.61. The van der Waals surface area contributed by atoms with Gasteiger partial charge in [-0.1, -0.05) is 12.1 Å². The molecule has 1 heterocycles. The average molecular weight is 528 g/mol. The van der Waals surface area contributed by atoms with E-state index in [1.165, 1.54) is 0 Å². The summed E-state index contributed by atoms with van der Waals surface area (Å²) in [5.41, 5.74) is 1.79. The van der Waals surface area contributed by atoms with Gasteiger partial charge in [-0.3, -0.25) is 19.5 Å². The molecule has 30 heavy (non-hydrogen) atoms. The van der Waals surface area contributed by atoms with Crippen molar-refractivity contribution in [2.75, 3.05) is 53.4 Å². The highest BCUT2D eigenvalue weighted by atomic mass is 127. The van der Waals surface area contributed by atoms with E-state index in [9.17, 15) is 9.59 Å². The topological polar surface area (TPSA) is 89.1 Å². The van der Waals surface area contributed by atoms with Crippen LogP contribution in [0.1, 0.15) is 28.8 Å². The maximum atomic E-state index is 12.0. The minimum Gasteiger partial charge on any atom is -0.356 e. The van der Waals surface area contributed by atoms with Gasteiger partial charge >= 0.3 is 0 Å². The molecular formula is C21H33IN6O2. The number of piperazine rings is 1. The third-order valence-electron chi connectivity index (χ3n) is 5.31. The van der Waals surface area contributed by atoms with Gasteiger partial charge in [0.25, 0.3) is 5.91 Å². The Hall–Kier alpha value is -1.88. The van der Waals surface area contributed by atoms with Crippen molar-refractivity contribution >= 4 is 41.8 Å². The molecule has 0 unspecified atom stereocenters. The summed E-state index contributed by atoms with van der Waals surface area (Å²) in [6.45, 7) is 4.64. The smallest absolute Gasteiger partial charge is 0.251 e. The van der Waals surface area contributed by atoms with Gasteiger partial charge in [-0.2, -0.15) is 0 Å². The molecule has 1 aliphatic carbocycles. The van der Waals surface area contributed by atoms with Crippen LogP contribution < -0.4 is 16.0 Å². The van der Waals surface area contributed by atoms with E-state index in [0.29, 0.717) is 18.2 Å². The van der Waals surface area contributed by atoms with Gasteiger partial charge in [-0.25, -0.2) is 0 Å². The molecule has 1 aromatic rings. The molecular weight excluding hydrogens is 495 g/mol. The fourth-order valence-corrected chi connectivity index (χ4v) is 3.49. The summed E-state index contributed by atoms with van der Waals surface area (Å²) in [4.78, 5) is 32.6. The summed E-state index contributed by atoms with van der Waals surface area (Å²) >= 11 is 0. The van der Waals surface area contributed by atoms with Gasteiger partial charge in [0, 0.05) is 58.4 Å². The van der Waals surface area contributed by atoms with Gasteiger partial charge in [-0.15, -0.1) is 24.0 Å². The lowest BCUT2D eigenvalue weighted by molar-refractivity contribution is -0.122. The molecule has 1 saturated heterocycles. The first-order valence-electron chi connectivity index (χ1n) is 10.4. The number of nitrogens with one attached hydrogen (secondary N) is 3. The highest BCUT2D eigenvalue weighted by Gasteiger charge is 2.25. The van der Waals surface area contributed by atoms with Crippen molar-refractivity contribution < 1.29 is 9.59 Å². The molecule has 1 aliphatic heterocycles. The van der Waals surface area contributed by atoms with Gasteiger partial charge in [-0.05, 0) is 37.0 Å². The summed E-state index contributed by atoms with van der Waals surface area (Å²) in [5.74, 6) is 0.955. The normalized spacial score (nSPS) is 17.1. The predicted octanol–water partition coefficient (Wildman–Crippen LogP) is 0.678. The molecule has 1 aromatic carbocycles.